The van der Waals surface area contributed by atoms with Crippen LogP contribution in [0.5, 0.6) is 5.75 Å². The largest absolute Gasteiger partial charge is 0.494 e. The number of hydrogen-bond acceptors (Lipinski definition) is 3. The van der Waals surface area contributed by atoms with E-state index in [0.29, 0.717) is 24.5 Å². The average molecular weight is 394 g/mol. The molecular formula is C13H16Cl4O3S. The van der Waals surface area contributed by atoms with Gasteiger partial charge in [-0.3, -0.25) is 4.79 Å². The lowest BCUT2D eigenvalue weighted by molar-refractivity contribution is 0.108. The Morgan fingerprint density at radius 3 is 2.43 bits per heavy atom. The molecule has 0 N–H and O–H groups in total. The van der Waals surface area contributed by atoms with E-state index in [9.17, 15) is 4.79 Å². The molecule has 0 fully saturated rings. The molecule has 0 bridgehead atoms. The number of alkyl halides is 1. The lowest BCUT2D eigenvalue weighted by Gasteiger charge is -2.09. The minimum atomic E-state index is -1.67. The van der Waals surface area contributed by atoms with Gasteiger partial charge in [-0.25, -0.2) is 4.21 Å². The van der Waals surface area contributed by atoms with Gasteiger partial charge < -0.3 is 4.74 Å². The van der Waals surface area contributed by atoms with Crippen LogP contribution in [0.1, 0.15) is 35.7 Å². The van der Waals surface area contributed by atoms with Crippen LogP contribution in [-0.2, 0) is 15.6 Å². The van der Waals surface area contributed by atoms with Crippen molar-refractivity contribution >= 4 is 59.0 Å². The number of ether oxygens (including phenoxy) is 1. The minimum Gasteiger partial charge on any atom is -0.494 e. The molecule has 0 aliphatic carbocycles. The summed E-state index contributed by atoms with van der Waals surface area (Å²) in [4.78, 5) is 11.2. The highest BCUT2D eigenvalue weighted by atomic mass is 36.0. The summed E-state index contributed by atoms with van der Waals surface area (Å²) in [7, 11) is 7.36. The van der Waals surface area contributed by atoms with Crippen molar-refractivity contribution in [1.29, 1.82) is 0 Å². The van der Waals surface area contributed by atoms with E-state index < -0.39 is 14.5 Å². The average Bonchev–Trinajstić information content (AvgIpc) is 2.38. The number of halogens is 4. The van der Waals surface area contributed by atoms with Gasteiger partial charge in [-0.15, -0.1) is 11.6 Å². The van der Waals surface area contributed by atoms with Gasteiger partial charge >= 0.3 is 0 Å². The SMILES string of the molecule is CCCCOc1ccc(C(=O)Cl)c(CCCl)c1.O=S(Cl)Cl. The van der Waals surface area contributed by atoms with E-state index in [0.717, 1.165) is 24.2 Å². The zero-order chi connectivity index (χ0) is 16.3. The molecule has 0 aliphatic rings. The van der Waals surface area contributed by atoms with Crippen molar-refractivity contribution in [2.75, 3.05) is 12.5 Å². The van der Waals surface area contributed by atoms with Crippen molar-refractivity contribution in [1.82, 2.24) is 0 Å². The summed E-state index contributed by atoms with van der Waals surface area (Å²) in [5, 5.41) is -0.453. The van der Waals surface area contributed by atoms with Crippen LogP contribution in [0, 0.1) is 0 Å². The van der Waals surface area contributed by atoms with E-state index in [1.807, 2.05) is 6.07 Å². The van der Waals surface area contributed by atoms with Crippen molar-refractivity contribution in [2.45, 2.75) is 26.2 Å². The molecule has 0 aliphatic heterocycles. The van der Waals surface area contributed by atoms with Crippen LogP contribution in [0.25, 0.3) is 0 Å². The zero-order valence-electron chi connectivity index (χ0n) is 11.4. The minimum absolute atomic E-state index is 0.453. The van der Waals surface area contributed by atoms with E-state index in [1.54, 1.807) is 12.1 Å². The molecule has 0 heterocycles. The fraction of sp³-hybridized carbons (Fsp3) is 0.462. The molecular weight excluding hydrogens is 378 g/mol. The lowest BCUT2D eigenvalue weighted by Crippen LogP contribution is -2.02. The van der Waals surface area contributed by atoms with Crippen LogP contribution in [0.4, 0.5) is 0 Å². The Balaban J connectivity index is 0.000000885. The first-order valence-electron chi connectivity index (χ1n) is 6.18. The van der Waals surface area contributed by atoms with Gasteiger partial charge in [0.2, 0.25) is 9.23 Å². The highest BCUT2D eigenvalue weighted by Crippen LogP contribution is 2.20. The molecule has 8 heteroatoms. The number of unbranched alkanes of at least 4 members (excludes halogenated alkanes) is 1. The molecule has 1 rings (SSSR count). The predicted molar refractivity (Wildman–Crippen MR) is 91.3 cm³/mol. The van der Waals surface area contributed by atoms with Crippen molar-refractivity contribution in [2.24, 2.45) is 0 Å². The first kappa shape index (κ1) is 21.0. The summed E-state index contributed by atoms with van der Waals surface area (Å²) < 4.78 is 14.7. The molecule has 0 amide bonds. The van der Waals surface area contributed by atoms with Gasteiger partial charge in [-0.05, 0) is 48.2 Å². The lowest BCUT2D eigenvalue weighted by atomic mass is 10.1. The van der Waals surface area contributed by atoms with Crippen molar-refractivity contribution in [3.05, 3.63) is 29.3 Å². The number of carbonyl (C=O) groups is 1. The van der Waals surface area contributed by atoms with Gasteiger partial charge in [0.25, 0.3) is 5.24 Å². The number of rotatable bonds is 7. The summed E-state index contributed by atoms with van der Waals surface area (Å²) in [6.07, 6.45) is 2.72. The third-order valence-corrected chi connectivity index (χ3v) is 2.81. The topological polar surface area (TPSA) is 43.4 Å². The van der Waals surface area contributed by atoms with Crippen LogP contribution >= 0.6 is 44.6 Å². The Morgan fingerprint density at radius 2 is 1.95 bits per heavy atom. The molecule has 0 unspecified atom stereocenters. The first-order valence-corrected chi connectivity index (χ1v) is 9.89. The number of hydrogen-bond donors (Lipinski definition) is 0. The third-order valence-electron chi connectivity index (χ3n) is 2.42. The van der Waals surface area contributed by atoms with Crippen molar-refractivity contribution < 1.29 is 13.7 Å². The van der Waals surface area contributed by atoms with Crippen molar-refractivity contribution in [3.8, 4) is 5.75 Å². The molecule has 3 nitrogen and oxygen atoms in total. The molecule has 1 aromatic carbocycles. The Kier molecular flexibility index (Phi) is 12.5. The maximum Gasteiger partial charge on any atom is 0.252 e. The van der Waals surface area contributed by atoms with Gasteiger partial charge in [0.15, 0.2) is 0 Å². The molecule has 0 saturated carbocycles. The molecule has 0 aromatic heterocycles. The van der Waals surface area contributed by atoms with Gasteiger partial charge in [0.1, 0.15) is 5.75 Å². The van der Waals surface area contributed by atoms with Crippen LogP contribution in [0.2, 0.25) is 0 Å². The number of aryl methyl sites for hydroxylation is 1. The van der Waals surface area contributed by atoms with Gasteiger partial charge in [-0.2, -0.15) is 0 Å². The second-order valence-electron chi connectivity index (χ2n) is 3.92. The Labute approximate surface area is 146 Å². The number of benzene rings is 1. The van der Waals surface area contributed by atoms with Crippen LogP contribution < -0.4 is 4.74 Å². The molecule has 0 atom stereocenters. The van der Waals surface area contributed by atoms with Gasteiger partial charge in [0, 0.05) is 32.8 Å². The van der Waals surface area contributed by atoms with E-state index in [2.05, 4.69) is 28.3 Å². The Bertz CT molecular complexity index is 465. The zero-order valence-corrected chi connectivity index (χ0v) is 15.3. The van der Waals surface area contributed by atoms with Crippen molar-refractivity contribution in [3.63, 3.8) is 0 Å². The monoisotopic (exact) mass is 392 g/mol. The molecule has 120 valence electrons. The second kappa shape index (κ2) is 12.5. The maximum atomic E-state index is 11.2. The first-order chi connectivity index (χ1) is 9.92. The van der Waals surface area contributed by atoms with E-state index >= 15 is 0 Å². The number of carbonyl (C=O) groups excluding carboxylic acids is 1. The van der Waals surface area contributed by atoms with Gasteiger partial charge in [0.05, 0.1) is 6.61 Å². The Hall–Kier alpha value is -0.000000000000000222. The van der Waals surface area contributed by atoms with Crippen LogP contribution in [0.3, 0.4) is 0 Å². The molecule has 0 saturated heterocycles. The fourth-order valence-electron chi connectivity index (χ4n) is 1.49. The normalized spacial score (nSPS) is 10.0. The molecule has 0 radical (unpaired) electrons. The highest BCUT2D eigenvalue weighted by molar-refractivity contribution is 8.26. The predicted octanol–water partition coefficient (Wildman–Crippen LogP) is 5.07. The smallest absolute Gasteiger partial charge is 0.252 e. The van der Waals surface area contributed by atoms with E-state index in [-0.39, 0.29) is 0 Å². The third kappa shape index (κ3) is 10.4. The van der Waals surface area contributed by atoms with Gasteiger partial charge in [-0.1, -0.05) is 13.3 Å². The second-order valence-corrected chi connectivity index (χ2v) is 7.16. The molecule has 1 aromatic rings. The van der Waals surface area contributed by atoms with Crippen LogP contribution in [-0.4, -0.2) is 21.9 Å². The summed E-state index contributed by atoms with van der Waals surface area (Å²) in [5.74, 6) is 1.22. The van der Waals surface area contributed by atoms with E-state index in [1.165, 1.54) is 0 Å². The summed E-state index contributed by atoms with van der Waals surface area (Å²) in [5.41, 5.74) is 1.35. The molecule has 0 spiro atoms. The summed E-state index contributed by atoms with van der Waals surface area (Å²) in [6.45, 7) is 2.79. The molecule has 21 heavy (non-hydrogen) atoms. The quantitative estimate of drug-likeness (QED) is 0.369. The highest BCUT2D eigenvalue weighted by Gasteiger charge is 2.09. The Morgan fingerprint density at radius 1 is 1.33 bits per heavy atom. The maximum absolute atomic E-state index is 11.2. The summed E-state index contributed by atoms with van der Waals surface area (Å²) >= 11 is 11.2. The fourth-order valence-corrected chi connectivity index (χ4v) is 1.88. The standard InChI is InChI=1S/C13H16Cl2O2.Cl2OS/c1-2-3-8-17-11-4-5-12(13(15)16)10(9-11)6-7-14;1-4(2)3/h4-5,9H,2-3,6-8H2,1H3;. The van der Waals surface area contributed by atoms with E-state index in [4.69, 9.17) is 32.1 Å². The van der Waals surface area contributed by atoms with Crippen LogP contribution in [0.15, 0.2) is 18.2 Å². The summed E-state index contributed by atoms with van der Waals surface area (Å²) in [6, 6.07) is 5.30.